The molecule has 30 heavy (non-hydrogen) atoms. The van der Waals surface area contributed by atoms with Crippen molar-refractivity contribution in [2.45, 2.75) is 32.8 Å². The summed E-state index contributed by atoms with van der Waals surface area (Å²) in [6.45, 7) is 4.71. The molecule has 0 aliphatic carbocycles. The normalized spacial score (nSPS) is 12.2. The molecule has 0 aliphatic heterocycles. The van der Waals surface area contributed by atoms with E-state index in [0.29, 0.717) is 38.5 Å². The van der Waals surface area contributed by atoms with E-state index >= 15 is 0 Å². The van der Waals surface area contributed by atoms with Gasteiger partial charge in [0.2, 0.25) is 5.88 Å². The highest BCUT2D eigenvalue weighted by molar-refractivity contribution is 7.86. The van der Waals surface area contributed by atoms with Crippen molar-refractivity contribution in [3.05, 3.63) is 53.7 Å². The minimum Gasteiger partial charge on any atom is -0.477 e. The summed E-state index contributed by atoms with van der Waals surface area (Å²) in [6, 6.07) is 10.3. The number of hydrogen-bond acceptors (Lipinski definition) is 8. The fraction of sp³-hybridized carbons (Fsp3) is 0.429. The van der Waals surface area contributed by atoms with E-state index in [-0.39, 0.29) is 11.7 Å². The minimum absolute atomic E-state index is 0.271. The molecule has 1 atom stereocenters. The van der Waals surface area contributed by atoms with Gasteiger partial charge >= 0.3 is 16.1 Å². The molecule has 1 unspecified atom stereocenters. The summed E-state index contributed by atoms with van der Waals surface area (Å²) in [7, 11) is -3.53. The minimum atomic E-state index is -3.53. The van der Waals surface area contributed by atoms with Crippen LogP contribution in [-0.2, 0) is 37.2 Å². The predicted octanol–water partition coefficient (Wildman–Crippen LogP) is 2.55. The third-order valence-corrected chi connectivity index (χ3v) is 4.44. The zero-order valence-electron chi connectivity index (χ0n) is 17.4. The molecule has 9 heteroatoms. The highest BCUT2D eigenvalue weighted by atomic mass is 32.2. The lowest BCUT2D eigenvalue weighted by molar-refractivity contribution is -0.156. The van der Waals surface area contributed by atoms with Crippen LogP contribution in [0.5, 0.6) is 11.6 Å². The first-order chi connectivity index (χ1) is 14.3. The van der Waals surface area contributed by atoms with Gasteiger partial charge in [0.1, 0.15) is 5.75 Å². The van der Waals surface area contributed by atoms with Crippen LogP contribution in [-0.4, -0.2) is 51.6 Å². The van der Waals surface area contributed by atoms with E-state index in [1.807, 2.05) is 13.0 Å². The van der Waals surface area contributed by atoms with Crippen molar-refractivity contribution in [3.63, 3.8) is 0 Å². The van der Waals surface area contributed by atoms with E-state index in [9.17, 15) is 13.2 Å². The van der Waals surface area contributed by atoms with Gasteiger partial charge in [-0.15, -0.1) is 0 Å². The van der Waals surface area contributed by atoms with Gasteiger partial charge in [0.05, 0.1) is 19.5 Å². The van der Waals surface area contributed by atoms with Gasteiger partial charge in [0.25, 0.3) is 0 Å². The van der Waals surface area contributed by atoms with E-state index in [1.54, 1.807) is 43.5 Å². The maximum Gasteiger partial charge on any atom is 0.335 e. The van der Waals surface area contributed by atoms with Gasteiger partial charge in [-0.1, -0.05) is 18.2 Å². The zero-order valence-corrected chi connectivity index (χ0v) is 18.2. The molecule has 2 rings (SSSR count). The van der Waals surface area contributed by atoms with E-state index in [4.69, 9.17) is 18.4 Å². The van der Waals surface area contributed by atoms with Gasteiger partial charge in [0, 0.05) is 31.7 Å². The molecule has 0 saturated carbocycles. The standard InChI is InChI=1S/C21H27NO7S/c1-4-26-19(21(23)27-5-2)14-17-8-11-20(22-15-17)28-13-12-16-6-9-18(10-7-16)29-30(3,24)25/h6-11,15,19H,4-5,12-14H2,1-3H3. The van der Waals surface area contributed by atoms with Crippen LogP contribution in [0.25, 0.3) is 0 Å². The van der Waals surface area contributed by atoms with Gasteiger partial charge in [-0.05, 0) is 37.1 Å². The predicted molar refractivity (Wildman–Crippen MR) is 111 cm³/mol. The lowest BCUT2D eigenvalue weighted by Gasteiger charge is -2.15. The number of rotatable bonds is 12. The lowest BCUT2D eigenvalue weighted by atomic mass is 10.1. The molecule has 164 valence electrons. The largest absolute Gasteiger partial charge is 0.477 e. The molecular formula is C21H27NO7S. The first-order valence-corrected chi connectivity index (χ1v) is 11.5. The monoisotopic (exact) mass is 437 g/mol. The molecule has 2 aromatic rings. The Hall–Kier alpha value is -2.65. The molecule has 1 aromatic carbocycles. The summed E-state index contributed by atoms with van der Waals surface area (Å²) < 4.78 is 43.2. The van der Waals surface area contributed by atoms with Crippen LogP contribution in [0.2, 0.25) is 0 Å². The van der Waals surface area contributed by atoms with E-state index in [1.165, 1.54) is 0 Å². The van der Waals surface area contributed by atoms with Crippen molar-refractivity contribution in [3.8, 4) is 11.6 Å². The van der Waals surface area contributed by atoms with Crippen molar-refractivity contribution in [2.75, 3.05) is 26.1 Å². The Morgan fingerprint density at radius 1 is 1.03 bits per heavy atom. The van der Waals surface area contributed by atoms with Crippen molar-refractivity contribution >= 4 is 16.1 Å². The van der Waals surface area contributed by atoms with Gasteiger partial charge in [-0.3, -0.25) is 0 Å². The second-order valence-electron chi connectivity index (χ2n) is 6.43. The maximum atomic E-state index is 11.9. The number of esters is 1. The first-order valence-electron chi connectivity index (χ1n) is 9.65. The van der Waals surface area contributed by atoms with Crippen LogP contribution in [0.1, 0.15) is 25.0 Å². The fourth-order valence-electron chi connectivity index (χ4n) is 2.64. The van der Waals surface area contributed by atoms with Crippen molar-refractivity contribution in [1.82, 2.24) is 4.98 Å². The van der Waals surface area contributed by atoms with Gasteiger partial charge in [-0.25, -0.2) is 9.78 Å². The van der Waals surface area contributed by atoms with Gasteiger partial charge < -0.3 is 18.4 Å². The Labute approximate surface area is 177 Å². The molecule has 8 nitrogen and oxygen atoms in total. The Morgan fingerprint density at radius 2 is 1.73 bits per heavy atom. The fourth-order valence-corrected chi connectivity index (χ4v) is 3.10. The summed E-state index contributed by atoms with van der Waals surface area (Å²) >= 11 is 0. The number of aromatic nitrogens is 1. The molecule has 0 bridgehead atoms. The smallest absolute Gasteiger partial charge is 0.335 e. The molecule has 0 spiro atoms. The summed E-state index contributed by atoms with van der Waals surface area (Å²) in [6.07, 6.45) is 3.00. The number of hydrogen-bond donors (Lipinski definition) is 0. The van der Waals surface area contributed by atoms with Crippen LogP contribution in [0.4, 0.5) is 0 Å². The summed E-state index contributed by atoms with van der Waals surface area (Å²) in [5, 5.41) is 0. The van der Waals surface area contributed by atoms with Crippen LogP contribution in [0.3, 0.4) is 0 Å². The summed E-state index contributed by atoms with van der Waals surface area (Å²) in [4.78, 5) is 16.2. The number of pyridine rings is 1. The second-order valence-corrected chi connectivity index (χ2v) is 8.01. The molecule has 0 saturated heterocycles. The van der Waals surface area contributed by atoms with Gasteiger partial charge in [0.15, 0.2) is 6.10 Å². The molecule has 0 aliphatic rings. The summed E-state index contributed by atoms with van der Waals surface area (Å²) in [5.74, 6) is 0.361. The SMILES string of the molecule is CCOC(=O)C(Cc1ccc(OCCc2ccc(OS(C)(=O)=O)cc2)nc1)OCC. The number of nitrogens with zero attached hydrogens (tertiary/aromatic N) is 1. The number of ether oxygens (including phenoxy) is 3. The number of carbonyl (C=O) groups excluding carboxylic acids is 1. The van der Waals surface area contributed by atoms with E-state index in [2.05, 4.69) is 4.98 Å². The highest BCUT2D eigenvalue weighted by Crippen LogP contribution is 2.15. The molecule has 1 heterocycles. The number of carbonyl (C=O) groups is 1. The molecule has 0 radical (unpaired) electrons. The van der Waals surface area contributed by atoms with Crippen molar-refractivity contribution in [2.24, 2.45) is 0 Å². The maximum absolute atomic E-state index is 11.9. The van der Waals surface area contributed by atoms with Crippen LogP contribution < -0.4 is 8.92 Å². The molecule has 0 amide bonds. The topological polar surface area (TPSA) is 101 Å². The van der Waals surface area contributed by atoms with Crippen LogP contribution >= 0.6 is 0 Å². The average molecular weight is 438 g/mol. The first kappa shape index (κ1) is 23.6. The molecular weight excluding hydrogens is 410 g/mol. The Kier molecular flexibility index (Phi) is 9.07. The molecule has 1 aromatic heterocycles. The Morgan fingerprint density at radius 3 is 2.30 bits per heavy atom. The van der Waals surface area contributed by atoms with Crippen molar-refractivity contribution < 1.29 is 31.6 Å². The van der Waals surface area contributed by atoms with Crippen molar-refractivity contribution in [1.29, 1.82) is 0 Å². The van der Waals surface area contributed by atoms with Crippen LogP contribution in [0.15, 0.2) is 42.6 Å². The Balaban J connectivity index is 1.83. The third-order valence-electron chi connectivity index (χ3n) is 3.95. The second kappa shape index (κ2) is 11.5. The average Bonchev–Trinajstić information content (AvgIpc) is 2.69. The quantitative estimate of drug-likeness (QED) is 0.369. The van der Waals surface area contributed by atoms with Crippen LogP contribution in [0, 0.1) is 0 Å². The molecule has 0 N–H and O–H groups in total. The lowest BCUT2D eigenvalue weighted by Crippen LogP contribution is -2.29. The highest BCUT2D eigenvalue weighted by Gasteiger charge is 2.20. The summed E-state index contributed by atoms with van der Waals surface area (Å²) in [5.41, 5.74) is 1.82. The van der Waals surface area contributed by atoms with E-state index in [0.717, 1.165) is 17.4 Å². The number of benzene rings is 1. The molecule has 0 fully saturated rings. The Bertz CT molecular complexity index is 896. The third kappa shape index (κ3) is 8.38. The van der Waals surface area contributed by atoms with Gasteiger partial charge in [-0.2, -0.15) is 8.42 Å². The van der Waals surface area contributed by atoms with E-state index < -0.39 is 16.2 Å². The zero-order chi connectivity index (χ0) is 22.0.